The van der Waals surface area contributed by atoms with Crippen LogP contribution in [0.2, 0.25) is 0 Å². The van der Waals surface area contributed by atoms with Gasteiger partial charge in [-0.1, -0.05) is 66.7 Å². The molecule has 46 heavy (non-hydrogen) atoms. The summed E-state index contributed by atoms with van der Waals surface area (Å²) < 4.78 is 44.1. The van der Waals surface area contributed by atoms with Crippen molar-refractivity contribution in [2.24, 2.45) is 0 Å². The summed E-state index contributed by atoms with van der Waals surface area (Å²) >= 11 is 0. The van der Waals surface area contributed by atoms with Crippen molar-refractivity contribution in [1.82, 2.24) is 0 Å². The Balaban J connectivity index is 0.000000147. The van der Waals surface area contributed by atoms with E-state index in [1.807, 2.05) is 66.7 Å². The van der Waals surface area contributed by atoms with Crippen LogP contribution in [0, 0.1) is 0 Å². The highest BCUT2D eigenvalue weighted by Gasteiger charge is 2.25. The Kier molecular flexibility index (Phi) is 9.97. The standard InChI is InChI=1S/2C19H20O4/c1-3-7-18(22-12-16-10-20-16)14(5-1)9-15-6-2-4-8-19(15)23-13-17-11-21-17;1-2-4-19(23-13-18-12-22-18)15(3-1)9-14-5-7-16(8-6-14)20-10-17-11-21-17/h1-8,16-17H,9-13H2;1-8,17-18H,9-13H2. The summed E-state index contributed by atoms with van der Waals surface area (Å²) in [6.07, 6.45) is 2.70. The first-order valence-electron chi connectivity index (χ1n) is 16.1. The number of hydrogen-bond acceptors (Lipinski definition) is 8. The summed E-state index contributed by atoms with van der Waals surface area (Å²) in [5, 5.41) is 0. The molecular formula is C38H40O8. The van der Waals surface area contributed by atoms with Gasteiger partial charge in [0.2, 0.25) is 0 Å². The van der Waals surface area contributed by atoms with E-state index in [2.05, 4.69) is 30.3 Å². The first-order chi connectivity index (χ1) is 22.7. The van der Waals surface area contributed by atoms with Crippen LogP contribution >= 0.6 is 0 Å². The molecule has 4 aromatic rings. The molecule has 4 saturated heterocycles. The Morgan fingerprint density at radius 1 is 0.413 bits per heavy atom. The van der Waals surface area contributed by atoms with Gasteiger partial charge in [0, 0.05) is 12.8 Å². The van der Waals surface area contributed by atoms with Crippen molar-refractivity contribution in [2.45, 2.75) is 37.3 Å². The van der Waals surface area contributed by atoms with Gasteiger partial charge in [0.15, 0.2) is 0 Å². The number of ether oxygens (including phenoxy) is 8. The molecule has 8 nitrogen and oxygen atoms in total. The van der Waals surface area contributed by atoms with Gasteiger partial charge in [0.1, 0.15) is 73.8 Å². The van der Waals surface area contributed by atoms with Crippen LogP contribution in [0.5, 0.6) is 23.0 Å². The highest BCUT2D eigenvalue weighted by Crippen LogP contribution is 2.28. The van der Waals surface area contributed by atoms with Crippen molar-refractivity contribution < 1.29 is 37.9 Å². The van der Waals surface area contributed by atoms with Crippen LogP contribution in [-0.2, 0) is 31.8 Å². The Morgan fingerprint density at radius 3 is 1.15 bits per heavy atom. The second kappa shape index (κ2) is 15.0. The SMILES string of the molecule is c1ccc(OCC2CO2)c(Cc2ccc(OCC3CO3)cc2)c1.c1ccc(OCC2CO2)c(Cc2ccccc2OCC2CO2)c1. The molecule has 4 heterocycles. The van der Waals surface area contributed by atoms with E-state index in [1.54, 1.807) is 0 Å². The summed E-state index contributed by atoms with van der Waals surface area (Å²) in [6, 6.07) is 32.7. The molecular weight excluding hydrogens is 584 g/mol. The van der Waals surface area contributed by atoms with E-state index >= 15 is 0 Å². The molecule has 4 fully saturated rings. The molecule has 0 saturated carbocycles. The zero-order valence-corrected chi connectivity index (χ0v) is 25.9. The Morgan fingerprint density at radius 2 is 0.761 bits per heavy atom. The molecule has 8 rings (SSSR count). The van der Waals surface area contributed by atoms with Crippen LogP contribution < -0.4 is 18.9 Å². The van der Waals surface area contributed by atoms with Crippen molar-refractivity contribution in [3.8, 4) is 23.0 Å². The lowest BCUT2D eigenvalue weighted by atomic mass is 10.0. The van der Waals surface area contributed by atoms with Gasteiger partial charge in [-0.2, -0.15) is 0 Å². The quantitative estimate of drug-likeness (QED) is 0.148. The predicted octanol–water partition coefficient (Wildman–Crippen LogP) is 5.67. The number of hydrogen-bond donors (Lipinski definition) is 0. The topological polar surface area (TPSA) is 87.0 Å². The van der Waals surface area contributed by atoms with Crippen LogP contribution in [-0.4, -0.2) is 77.3 Å². The van der Waals surface area contributed by atoms with E-state index in [9.17, 15) is 0 Å². The van der Waals surface area contributed by atoms with Gasteiger partial charge in [-0.3, -0.25) is 0 Å². The summed E-state index contributed by atoms with van der Waals surface area (Å²) in [4.78, 5) is 0. The van der Waals surface area contributed by atoms with Crippen LogP contribution in [0.1, 0.15) is 22.3 Å². The van der Waals surface area contributed by atoms with Gasteiger partial charge in [0.25, 0.3) is 0 Å². The number of epoxide rings is 4. The minimum absolute atomic E-state index is 0.261. The normalized spacial score (nSPS) is 21.7. The summed E-state index contributed by atoms with van der Waals surface area (Å²) in [7, 11) is 0. The molecule has 0 amide bonds. The largest absolute Gasteiger partial charge is 0.491 e. The smallest absolute Gasteiger partial charge is 0.122 e. The first kappa shape index (κ1) is 30.6. The van der Waals surface area contributed by atoms with E-state index in [0.29, 0.717) is 26.4 Å². The van der Waals surface area contributed by atoms with Crippen molar-refractivity contribution in [3.05, 3.63) is 119 Å². The Labute approximate surface area is 270 Å². The van der Waals surface area contributed by atoms with E-state index < -0.39 is 0 Å². The number of benzene rings is 4. The van der Waals surface area contributed by atoms with Crippen molar-refractivity contribution in [1.29, 1.82) is 0 Å². The van der Waals surface area contributed by atoms with Crippen LogP contribution in [0.3, 0.4) is 0 Å². The third kappa shape index (κ3) is 9.71. The molecule has 4 unspecified atom stereocenters. The summed E-state index contributed by atoms with van der Waals surface area (Å²) in [6.45, 7) is 5.76. The van der Waals surface area contributed by atoms with Crippen molar-refractivity contribution >= 4 is 0 Å². The molecule has 0 bridgehead atoms. The van der Waals surface area contributed by atoms with E-state index in [0.717, 1.165) is 73.4 Å². The van der Waals surface area contributed by atoms with E-state index in [4.69, 9.17) is 37.9 Å². The molecule has 0 spiro atoms. The van der Waals surface area contributed by atoms with E-state index in [1.165, 1.54) is 11.1 Å². The van der Waals surface area contributed by atoms with Crippen LogP contribution in [0.4, 0.5) is 0 Å². The molecule has 8 heteroatoms. The molecule has 0 N–H and O–H groups in total. The predicted molar refractivity (Wildman–Crippen MR) is 172 cm³/mol. The molecule has 4 atom stereocenters. The summed E-state index contributed by atoms with van der Waals surface area (Å²) in [5.41, 5.74) is 4.74. The van der Waals surface area contributed by atoms with E-state index in [-0.39, 0.29) is 24.4 Å². The lowest BCUT2D eigenvalue weighted by molar-refractivity contribution is 0.259. The van der Waals surface area contributed by atoms with Crippen molar-refractivity contribution in [3.63, 3.8) is 0 Å². The molecule has 4 aromatic carbocycles. The maximum atomic E-state index is 5.90. The molecule has 240 valence electrons. The highest BCUT2D eigenvalue weighted by atomic mass is 16.6. The number of rotatable bonds is 16. The maximum absolute atomic E-state index is 5.90. The third-order valence-electron chi connectivity index (χ3n) is 7.94. The minimum atomic E-state index is 0.261. The van der Waals surface area contributed by atoms with Gasteiger partial charge < -0.3 is 37.9 Å². The Hall–Kier alpha value is -4.08. The van der Waals surface area contributed by atoms with Gasteiger partial charge >= 0.3 is 0 Å². The molecule has 4 aliphatic rings. The zero-order valence-electron chi connectivity index (χ0n) is 25.9. The molecule has 0 aliphatic carbocycles. The average Bonchev–Trinajstić information content (AvgIpc) is 3.88. The average molecular weight is 625 g/mol. The summed E-state index contributed by atoms with van der Waals surface area (Å²) in [5.74, 6) is 3.67. The second-order valence-corrected chi connectivity index (χ2v) is 11.9. The molecule has 4 aliphatic heterocycles. The van der Waals surface area contributed by atoms with Crippen LogP contribution in [0.25, 0.3) is 0 Å². The Bertz CT molecular complexity index is 1480. The third-order valence-corrected chi connectivity index (χ3v) is 7.94. The number of para-hydroxylation sites is 3. The van der Waals surface area contributed by atoms with Gasteiger partial charge in [-0.25, -0.2) is 0 Å². The first-order valence-corrected chi connectivity index (χ1v) is 16.1. The second-order valence-electron chi connectivity index (χ2n) is 11.9. The lowest BCUT2D eigenvalue weighted by Crippen LogP contribution is -2.08. The van der Waals surface area contributed by atoms with Crippen LogP contribution in [0.15, 0.2) is 97.1 Å². The van der Waals surface area contributed by atoms with Crippen molar-refractivity contribution in [2.75, 3.05) is 52.9 Å². The van der Waals surface area contributed by atoms with Gasteiger partial charge in [0.05, 0.1) is 26.4 Å². The zero-order chi connectivity index (χ0) is 31.0. The van der Waals surface area contributed by atoms with Gasteiger partial charge in [-0.05, 0) is 52.6 Å². The minimum Gasteiger partial charge on any atom is -0.491 e. The maximum Gasteiger partial charge on any atom is 0.122 e. The fourth-order valence-corrected chi connectivity index (χ4v) is 4.90. The molecule has 0 aromatic heterocycles. The fourth-order valence-electron chi connectivity index (χ4n) is 4.90. The molecule has 0 radical (unpaired) electrons. The fraction of sp³-hybridized carbons (Fsp3) is 0.368. The lowest BCUT2D eigenvalue weighted by Gasteiger charge is -2.13. The monoisotopic (exact) mass is 624 g/mol. The highest BCUT2D eigenvalue weighted by molar-refractivity contribution is 5.43. The van der Waals surface area contributed by atoms with Gasteiger partial charge in [-0.15, -0.1) is 0 Å².